The third-order valence-electron chi connectivity index (χ3n) is 0. The molecule has 0 atom stereocenters. The Labute approximate surface area is 90.1 Å². The van der Waals surface area contributed by atoms with E-state index in [1.807, 2.05) is 0 Å². The molecule has 0 saturated heterocycles. The minimum Gasteiger partial charge on any atom is -0.696 e. The van der Waals surface area contributed by atoms with Crippen molar-refractivity contribution in [2.24, 2.45) is 0 Å². The van der Waals surface area contributed by atoms with E-state index in [9.17, 15) is 0 Å². The van der Waals surface area contributed by atoms with E-state index >= 15 is 0 Å². The normalized spacial score (nSPS) is 1.40. The maximum absolute atomic E-state index is 7.13. The van der Waals surface area contributed by atoms with Gasteiger partial charge in [-0.15, -0.1) is 0 Å². The maximum atomic E-state index is 7.13. The summed E-state index contributed by atoms with van der Waals surface area (Å²) < 4.78 is 0. The fourth-order valence-electron chi connectivity index (χ4n) is 0. The van der Waals surface area contributed by atoms with Crippen LogP contribution in [-0.4, -0.2) is 0 Å². The van der Waals surface area contributed by atoms with Gasteiger partial charge >= 0.3 is 51.4 Å². The summed E-state index contributed by atoms with van der Waals surface area (Å²) in [5, 5.41) is 8.47. The Bertz CT molecular complexity index is 33.1. The predicted molar refractivity (Wildman–Crippen MR) is 13.0 cm³/mol. The number of nitriles is 1. The van der Waals surface area contributed by atoms with Gasteiger partial charge in [-0.3, -0.25) is 0 Å². The van der Waals surface area contributed by atoms with Crippen LogP contribution in [-0.2, 0) is 30.0 Å². The van der Waals surface area contributed by atoms with E-state index in [1.54, 1.807) is 0 Å². The molecule has 0 aromatic carbocycles. The zero-order chi connectivity index (χ0) is 2.71. The first-order valence-electron chi connectivity index (χ1n) is 0.428. The van der Waals surface area contributed by atoms with Crippen LogP contribution in [0.2, 0.25) is 0 Å². The van der Waals surface area contributed by atoms with Gasteiger partial charge in [0.05, 0.1) is 0 Å². The van der Waals surface area contributed by atoms with Gasteiger partial charge < -0.3 is 12.6 Å². The van der Waals surface area contributed by atoms with Crippen LogP contribution < -0.4 is 51.4 Å². The Morgan fingerprint density at radius 3 is 1.60 bits per heavy atom. The molecule has 0 aliphatic rings. The molecule has 5 heavy (non-hydrogen) atoms. The molecular weight excluding hydrogens is 149 g/mol. The van der Waals surface area contributed by atoms with Gasteiger partial charge in [0, 0.05) is 17.4 Å². The minimum atomic E-state index is 0. The molecule has 0 aromatic heterocycles. The largest absolute Gasteiger partial charge is 1.00 e. The molecule has 0 aromatic rings. The topological polar surface area (TPSA) is 23.8 Å². The van der Waals surface area contributed by atoms with Crippen LogP contribution in [0.25, 0.3) is 0 Å². The molecule has 0 amide bonds. The Balaban J connectivity index is -0.0000000200. The van der Waals surface area contributed by atoms with Gasteiger partial charge in [-0.1, -0.05) is 5.40 Å². The average Bonchev–Trinajstić information content (AvgIpc) is 0.918. The van der Waals surface area contributed by atoms with Crippen LogP contribution >= 0.6 is 0 Å². The Morgan fingerprint density at radius 1 is 1.60 bits per heavy atom. The van der Waals surface area contributed by atoms with Crippen molar-refractivity contribution >= 4 is 12.6 Å². The van der Waals surface area contributed by atoms with Crippen molar-refractivity contribution in [3.63, 3.8) is 0 Å². The van der Waals surface area contributed by atoms with E-state index in [1.165, 1.54) is 5.40 Å². The summed E-state index contributed by atoms with van der Waals surface area (Å²) in [6, 6.07) is 0. The van der Waals surface area contributed by atoms with Crippen LogP contribution in [0.3, 0.4) is 0 Å². The van der Waals surface area contributed by atoms with Crippen molar-refractivity contribution in [3.05, 3.63) is 0 Å². The summed E-state index contributed by atoms with van der Waals surface area (Å²) in [5.74, 6) is 0. The molecular formula is CCrKNS. The van der Waals surface area contributed by atoms with Crippen molar-refractivity contribution in [3.8, 4) is 5.40 Å². The first-order chi connectivity index (χ1) is 1.41. The fourth-order valence-corrected chi connectivity index (χ4v) is 0. The van der Waals surface area contributed by atoms with Gasteiger partial charge in [-0.05, 0) is 0 Å². The van der Waals surface area contributed by atoms with E-state index in [0.29, 0.717) is 0 Å². The smallest absolute Gasteiger partial charge is 0.696 e. The SMILES string of the molecule is N#C[S-].[Cr].[K+]. The number of hydrogen-bond donors (Lipinski definition) is 0. The van der Waals surface area contributed by atoms with Crippen molar-refractivity contribution < 1.29 is 68.7 Å². The van der Waals surface area contributed by atoms with Gasteiger partial charge in [0.25, 0.3) is 0 Å². The molecule has 4 heteroatoms. The predicted octanol–water partition coefficient (Wildman–Crippen LogP) is -2.98. The monoisotopic (exact) mass is 149 g/mol. The minimum absolute atomic E-state index is 0. The molecule has 0 saturated carbocycles. The van der Waals surface area contributed by atoms with Gasteiger partial charge in [0.15, 0.2) is 0 Å². The molecule has 0 bridgehead atoms. The summed E-state index contributed by atoms with van der Waals surface area (Å²) in [5.41, 5.74) is 0. The average molecular weight is 149 g/mol. The molecule has 0 rings (SSSR count). The fraction of sp³-hybridized carbons (Fsp3) is 0. The van der Waals surface area contributed by atoms with Gasteiger partial charge in [0.1, 0.15) is 0 Å². The van der Waals surface area contributed by atoms with Crippen molar-refractivity contribution in [2.45, 2.75) is 0 Å². The molecule has 0 aliphatic carbocycles. The molecule has 1 nitrogen and oxygen atoms in total. The summed E-state index contributed by atoms with van der Waals surface area (Å²) in [7, 11) is 0. The molecule has 0 radical (unpaired) electrons. The second-order valence-corrected chi connectivity index (χ2v) is 0.274. The van der Waals surface area contributed by atoms with E-state index < -0.39 is 0 Å². The summed E-state index contributed by atoms with van der Waals surface area (Å²) in [6.45, 7) is 0. The van der Waals surface area contributed by atoms with Crippen LogP contribution in [0.4, 0.5) is 0 Å². The Morgan fingerprint density at radius 2 is 1.60 bits per heavy atom. The van der Waals surface area contributed by atoms with E-state index in [0.717, 1.165) is 0 Å². The molecule has 0 spiro atoms. The summed E-state index contributed by atoms with van der Waals surface area (Å²) >= 11 is 3.70. The number of hydrogen-bond acceptors (Lipinski definition) is 2. The zero-order valence-corrected chi connectivity index (χ0v) is 7.98. The van der Waals surface area contributed by atoms with Gasteiger partial charge in [-0.25, -0.2) is 5.26 Å². The molecule has 0 fully saturated rings. The number of thiocyanates is 1. The van der Waals surface area contributed by atoms with Crippen LogP contribution in [0.1, 0.15) is 0 Å². The third kappa shape index (κ3) is 25.1. The third-order valence-corrected chi connectivity index (χ3v) is 0. The standard InChI is InChI=1S/CHNS.Cr.K/c2-1-3;;/h3H;;/q;;+1/p-1. The maximum Gasteiger partial charge on any atom is 1.00 e. The van der Waals surface area contributed by atoms with Crippen molar-refractivity contribution in [1.82, 2.24) is 0 Å². The first-order valence-corrected chi connectivity index (χ1v) is 0.836. The van der Waals surface area contributed by atoms with Gasteiger partial charge in [-0.2, -0.15) is 0 Å². The summed E-state index contributed by atoms with van der Waals surface area (Å²) in [4.78, 5) is 0. The molecule has 0 heterocycles. The second-order valence-electron chi connectivity index (χ2n) is 0.0913. The molecule has 0 N–H and O–H groups in total. The van der Waals surface area contributed by atoms with E-state index in [4.69, 9.17) is 5.26 Å². The quantitative estimate of drug-likeness (QED) is 0.208. The van der Waals surface area contributed by atoms with E-state index in [2.05, 4.69) is 12.6 Å². The van der Waals surface area contributed by atoms with Crippen LogP contribution in [0.5, 0.6) is 0 Å². The molecule has 22 valence electrons. The summed E-state index contributed by atoms with van der Waals surface area (Å²) in [6.07, 6.45) is 0. The van der Waals surface area contributed by atoms with Crippen molar-refractivity contribution in [2.75, 3.05) is 0 Å². The second kappa shape index (κ2) is 16.9. The Hall–Kier alpha value is 1.88. The van der Waals surface area contributed by atoms with E-state index in [-0.39, 0.29) is 68.7 Å². The molecule has 0 unspecified atom stereocenters. The Kier molecular flexibility index (Phi) is 53.4. The van der Waals surface area contributed by atoms with Gasteiger partial charge in [0.2, 0.25) is 0 Å². The molecule has 0 aliphatic heterocycles. The number of rotatable bonds is 0. The van der Waals surface area contributed by atoms with Crippen LogP contribution in [0.15, 0.2) is 0 Å². The van der Waals surface area contributed by atoms with Crippen LogP contribution in [0, 0.1) is 10.7 Å². The number of nitrogens with zero attached hydrogens (tertiary/aromatic N) is 1. The zero-order valence-electron chi connectivity index (χ0n) is 2.76. The first kappa shape index (κ1) is 15.8. The van der Waals surface area contributed by atoms with Crippen molar-refractivity contribution in [1.29, 1.82) is 5.26 Å².